The first kappa shape index (κ1) is 22.7. The molecule has 0 aliphatic carbocycles. The molecular weight excluding hydrogens is 412 g/mol. The summed E-state index contributed by atoms with van der Waals surface area (Å²) in [5.74, 6) is -1.35. The van der Waals surface area contributed by atoms with Crippen LogP contribution in [0.15, 0.2) is 42.5 Å². The largest absolute Gasteiger partial charge is 0.452 e. The van der Waals surface area contributed by atoms with Gasteiger partial charge in [0.2, 0.25) is 0 Å². The van der Waals surface area contributed by atoms with Gasteiger partial charge in [0, 0.05) is 24.8 Å². The summed E-state index contributed by atoms with van der Waals surface area (Å²) < 4.78 is 5.03. The van der Waals surface area contributed by atoms with Crippen LogP contribution in [0.4, 0.5) is 17.1 Å². The Morgan fingerprint density at radius 2 is 1.78 bits per heavy atom. The maximum absolute atomic E-state index is 12.4. The predicted molar refractivity (Wildman–Crippen MR) is 118 cm³/mol. The normalized spacial score (nSPS) is 13.5. The summed E-state index contributed by atoms with van der Waals surface area (Å²) >= 11 is 0. The van der Waals surface area contributed by atoms with Crippen LogP contribution in [0.1, 0.15) is 41.6 Å². The zero-order valence-electron chi connectivity index (χ0n) is 17.6. The maximum atomic E-state index is 12.4. The molecule has 0 bridgehead atoms. The number of hydrogen-bond acceptors (Lipinski definition) is 7. The van der Waals surface area contributed by atoms with Crippen LogP contribution in [0.3, 0.4) is 0 Å². The number of esters is 1. The Kier molecular flexibility index (Phi) is 7.75. The standard InChI is InChI=1S/C23H24N4O5/c24-12-11-17-5-8-19(9-6-17)25-22(28)16-32-23(29)18-7-10-20(21(15-18)27(30)31)26-13-3-1-2-4-14-26/h5-10,15H,1-4,11,13-14,16H2,(H,25,28). The van der Waals surface area contributed by atoms with E-state index in [0.29, 0.717) is 11.4 Å². The highest BCUT2D eigenvalue weighted by Crippen LogP contribution is 2.31. The fourth-order valence-corrected chi connectivity index (χ4v) is 3.58. The SMILES string of the molecule is N#CCc1ccc(NC(=O)COC(=O)c2ccc(N3CCCCCC3)c([N+](=O)[O-])c2)cc1. The molecular formula is C23H24N4O5. The predicted octanol–water partition coefficient (Wildman–Crippen LogP) is 3.84. The van der Waals surface area contributed by atoms with Crippen molar-refractivity contribution in [3.63, 3.8) is 0 Å². The van der Waals surface area contributed by atoms with Gasteiger partial charge in [0.05, 0.1) is 23.0 Å². The van der Waals surface area contributed by atoms with Gasteiger partial charge in [-0.05, 0) is 42.7 Å². The van der Waals surface area contributed by atoms with Gasteiger partial charge in [-0.25, -0.2) is 4.79 Å². The third-order valence-corrected chi connectivity index (χ3v) is 5.21. The Morgan fingerprint density at radius 3 is 2.41 bits per heavy atom. The van der Waals surface area contributed by atoms with Gasteiger partial charge in [-0.2, -0.15) is 5.26 Å². The van der Waals surface area contributed by atoms with Gasteiger partial charge in [0.15, 0.2) is 6.61 Å². The highest BCUT2D eigenvalue weighted by Gasteiger charge is 2.23. The summed E-state index contributed by atoms with van der Waals surface area (Å²) in [5, 5.41) is 22.9. The summed E-state index contributed by atoms with van der Waals surface area (Å²) in [7, 11) is 0. The van der Waals surface area contributed by atoms with Crippen LogP contribution in [0.2, 0.25) is 0 Å². The van der Waals surface area contributed by atoms with E-state index in [1.54, 1.807) is 30.3 Å². The molecule has 3 rings (SSSR count). The number of benzene rings is 2. The summed E-state index contributed by atoms with van der Waals surface area (Å²) in [6, 6.07) is 13.0. The van der Waals surface area contributed by atoms with Crippen LogP contribution in [0.25, 0.3) is 0 Å². The first-order valence-electron chi connectivity index (χ1n) is 10.4. The molecule has 2 aromatic rings. The minimum atomic E-state index is -0.810. The minimum Gasteiger partial charge on any atom is -0.452 e. The third kappa shape index (κ3) is 6.04. The van der Waals surface area contributed by atoms with Crippen molar-refractivity contribution in [3.8, 4) is 6.07 Å². The van der Waals surface area contributed by atoms with Crippen LogP contribution in [-0.4, -0.2) is 36.5 Å². The number of amides is 1. The van der Waals surface area contributed by atoms with E-state index in [1.165, 1.54) is 12.1 Å². The third-order valence-electron chi connectivity index (χ3n) is 5.21. The number of carbonyl (C=O) groups is 2. The molecule has 2 aromatic carbocycles. The lowest BCUT2D eigenvalue weighted by Crippen LogP contribution is -2.25. The van der Waals surface area contributed by atoms with Crippen molar-refractivity contribution in [2.75, 3.05) is 29.9 Å². The summed E-state index contributed by atoms with van der Waals surface area (Å²) in [6.07, 6.45) is 4.41. The van der Waals surface area contributed by atoms with E-state index in [1.807, 2.05) is 11.0 Å². The first-order chi connectivity index (χ1) is 15.5. The minimum absolute atomic E-state index is 0.0175. The Hall–Kier alpha value is -3.93. The van der Waals surface area contributed by atoms with Crippen molar-refractivity contribution in [1.82, 2.24) is 0 Å². The molecule has 0 atom stereocenters. The molecule has 1 aliphatic rings. The summed E-state index contributed by atoms with van der Waals surface area (Å²) in [6.45, 7) is 0.949. The number of rotatable bonds is 7. The van der Waals surface area contributed by atoms with E-state index in [2.05, 4.69) is 5.32 Å². The van der Waals surface area contributed by atoms with Gasteiger partial charge in [-0.15, -0.1) is 0 Å². The average Bonchev–Trinajstić information content (AvgIpc) is 3.08. The zero-order chi connectivity index (χ0) is 22.9. The van der Waals surface area contributed by atoms with Crippen LogP contribution >= 0.6 is 0 Å². The summed E-state index contributed by atoms with van der Waals surface area (Å²) in [5.41, 5.74) is 1.69. The molecule has 1 amide bonds. The molecule has 1 heterocycles. The number of hydrogen-bond donors (Lipinski definition) is 1. The molecule has 32 heavy (non-hydrogen) atoms. The Morgan fingerprint density at radius 1 is 1.09 bits per heavy atom. The van der Waals surface area contributed by atoms with Gasteiger partial charge >= 0.3 is 5.97 Å². The topological polar surface area (TPSA) is 126 Å². The van der Waals surface area contributed by atoms with Crippen molar-refractivity contribution in [2.24, 2.45) is 0 Å². The zero-order valence-corrected chi connectivity index (χ0v) is 17.6. The number of nitro benzene ring substituents is 1. The van der Waals surface area contributed by atoms with E-state index >= 15 is 0 Å². The van der Waals surface area contributed by atoms with Crippen LogP contribution in [-0.2, 0) is 16.0 Å². The van der Waals surface area contributed by atoms with Crippen LogP contribution in [0, 0.1) is 21.4 Å². The monoisotopic (exact) mass is 436 g/mol. The lowest BCUT2D eigenvalue weighted by atomic mass is 10.1. The van der Waals surface area contributed by atoms with Crippen molar-refractivity contribution in [2.45, 2.75) is 32.1 Å². The molecule has 0 unspecified atom stereocenters. The molecule has 1 fully saturated rings. The van der Waals surface area contributed by atoms with E-state index in [0.717, 1.165) is 44.3 Å². The number of anilines is 2. The van der Waals surface area contributed by atoms with Gasteiger partial charge in [0.1, 0.15) is 5.69 Å². The summed E-state index contributed by atoms with van der Waals surface area (Å²) in [4.78, 5) is 37.5. The van der Waals surface area contributed by atoms with Crippen LogP contribution < -0.4 is 10.2 Å². The van der Waals surface area contributed by atoms with Gasteiger partial charge < -0.3 is 15.0 Å². The Bertz CT molecular complexity index is 1020. The molecule has 9 heteroatoms. The average molecular weight is 436 g/mol. The molecule has 1 aliphatic heterocycles. The van der Waals surface area contributed by atoms with Gasteiger partial charge in [-0.1, -0.05) is 25.0 Å². The number of nitrogens with zero attached hydrogens (tertiary/aromatic N) is 3. The fraction of sp³-hybridized carbons (Fsp3) is 0.348. The molecule has 0 saturated carbocycles. The number of nitriles is 1. The fourth-order valence-electron chi connectivity index (χ4n) is 3.58. The second-order valence-electron chi connectivity index (χ2n) is 7.52. The van der Waals surface area contributed by atoms with Gasteiger partial charge in [0.25, 0.3) is 11.6 Å². The number of nitrogens with one attached hydrogen (secondary N) is 1. The highest BCUT2D eigenvalue weighted by molar-refractivity contribution is 5.96. The van der Waals surface area contributed by atoms with E-state index in [-0.39, 0.29) is 17.7 Å². The van der Waals surface area contributed by atoms with Crippen molar-refractivity contribution < 1.29 is 19.2 Å². The van der Waals surface area contributed by atoms with Crippen molar-refractivity contribution in [1.29, 1.82) is 5.26 Å². The molecule has 0 spiro atoms. The quantitative estimate of drug-likeness (QED) is 0.397. The molecule has 0 radical (unpaired) electrons. The highest BCUT2D eigenvalue weighted by atomic mass is 16.6. The van der Waals surface area contributed by atoms with Crippen molar-refractivity contribution >= 4 is 28.9 Å². The van der Waals surface area contributed by atoms with Crippen molar-refractivity contribution in [3.05, 3.63) is 63.7 Å². The van der Waals surface area contributed by atoms with Crippen LogP contribution in [0.5, 0.6) is 0 Å². The van der Waals surface area contributed by atoms with E-state index in [4.69, 9.17) is 10.00 Å². The molecule has 1 N–H and O–H groups in total. The smallest absolute Gasteiger partial charge is 0.338 e. The molecule has 166 valence electrons. The Balaban J connectivity index is 1.61. The molecule has 1 saturated heterocycles. The second-order valence-corrected chi connectivity index (χ2v) is 7.52. The number of nitro groups is 1. The maximum Gasteiger partial charge on any atom is 0.338 e. The first-order valence-corrected chi connectivity index (χ1v) is 10.4. The van der Waals surface area contributed by atoms with Gasteiger partial charge in [-0.3, -0.25) is 14.9 Å². The van der Waals surface area contributed by atoms with E-state index in [9.17, 15) is 19.7 Å². The Labute approximate surface area is 185 Å². The lowest BCUT2D eigenvalue weighted by Gasteiger charge is -2.22. The lowest BCUT2D eigenvalue weighted by molar-refractivity contribution is -0.384. The number of ether oxygens (including phenoxy) is 1. The second kappa shape index (κ2) is 10.9. The van der Waals surface area contributed by atoms with E-state index < -0.39 is 23.4 Å². The number of carbonyl (C=O) groups excluding carboxylic acids is 2. The molecule has 9 nitrogen and oxygen atoms in total. The molecule has 0 aromatic heterocycles.